The highest BCUT2D eigenvalue weighted by atomic mass is 32.1. The molecule has 1 heterocycles. The summed E-state index contributed by atoms with van der Waals surface area (Å²) in [5, 5.41) is 1.01. The lowest BCUT2D eigenvalue weighted by Gasteiger charge is -2.08. The summed E-state index contributed by atoms with van der Waals surface area (Å²) in [4.78, 5) is 0. The summed E-state index contributed by atoms with van der Waals surface area (Å²) in [5.74, 6) is 0.865. The molecule has 0 bridgehead atoms. The molecule has 0 radical (unpaired) electrons. The zero-order valence-electron chi connectivity index (χ0n) is 14.9. The molecule has 23 heavy (non-hydrogen) atoms. The van der Waals surface area contributed by atoms with E-state index in [1.54, 1.807) is 0 Å². The van der Waals surface area contributed by atoms with Crippen LogP contribution in [0, 0.1) is 18.4 Å². The van der Waals surface area contributed by atoms with Gasteiger partial charge in [0.05, 0.1) is 4.51 Å². The normalized spacial score (nSPS) is 9.48. The summed E-state index contributed by atoms with van der Waals surface area (Å²) in [6, 6.07) is 16.2. The first kappa shape index (κ1) is 19.1. The summed E-state index contributed by atoms with van der Waals surface area (Å²) < 4.78 is 6.91. The van der Waals surface area contributed by atoms with Gasteiger partial charge in [-0.25, -0.2) is 0 Å². The minimum Gasteiger partial charge on any atom is -0.456 e. The fourth-order valence-electron chi connectivity index (χ4n) is 2.22. The molecule has 0 N–H and O–H groups in total. The van der Waals surface area contributed by atoms with Gasteiger partial charge >= 0.3 is 0 Å². The molecule has 0 saturated carbocycles. The molecular weight excluding hydrogens is 300 g/mol. The fourth-order valence-corrected chi connectivity index (χ4v) is 2.48. The third kappa shape index (κ3) is 4.29. The minimum absolute atomic E-state index is 0.841. The number of aryl methyl sites for hydroxylation is 1. The van der Waals surface area contributed by atoms with Gasteiger partial charge in [-0.15, -0.1) is 0 Å². The number of benzene rings is 2. The van der Waals surface area contributed by atoms with Gasteiger partial charge in [-0.1, -0.05) is 81.9 Å². The Morgan fingerprint density at radius 3 is 1.96 bits per heavy atom. The van der Waals surface area contributed by atoms with E-state index in [-0.39, 0.29) is 0 Å². The van der Waals surface area contributed by atoms with E-state index in [0.717, 1.165) is 32.4 Å². The molecular formula is C21H26OS. The molecule has 0 unspecified atom stereocenters. The van der Waals surface area contributed by atoms with E-state index in [1.807, 2.05) is 58.9 Å². The van der Waals surface area contributed by atoms with Crippen LogP contribution in [0.4, 0.5) is 0 Å². The van der Waals surface area contributed by atoms with Crippen molar-refractivity contribution in [1.82, 2.24) is 0 Å². The van der Waals surface area contributed by atoms with E-state index in [4.69, 9.17) is 16.6 Å². The Hall–Kier alpha value is -1.93. The maximum atomic E-state index is 6.03. The van der Waals surface area contributed by atoms with Gasteiger partial charge in [0.25, 0.3) is 0 Å². The van der Waals surface area contributed by atoms with Crippen LogP contribution < -0.4 is 0 Å². The molecule has 0 atom stereocenters. The molecule has 0 aliphatic carbocycles. The van der Waals surface area contributed by atoms with Gasteiger partial charge in [-0.05, 0) is 26.0 Å². The lowest BCUT2D eigenvalue weighted by molar-refractivity contribution is 0.615. The smallest absolute Gasteiger partial charge is 0.139 e. The molecule has 2 heteroatoms. The molecule has 0 aliphatic heterocycles. The molecule has 122 valence electrons. The summed E-state index contributed by atoms with van der Waals surface area (Å²) in [6.45, 7) is 12.1. The van der Waals surface area contributed by atoms with E-state index in [2.05, 4.69) is 31.2 Å². The summed E-state index contributed by atoms with van der Waals surface area (Å²) in [7, 11) is 0. The lowest BCUT2D eigenvalue weighted by Crippen LogP contribution is -1.87. The van der Waals surface area contributed by atoms with Crippen molar-refractivity contribution < 1.29 is 4.42 Å². The standard InChI is InChI=1S/C17H14OS.2C2H6/c1-11-7-9-13(10-8-11)16-12(2)17(19)14-5-3-4-6-15(14)18-16;2*1-2/h3-10H,1-2H3;2*1-2H3. The van der Waals surface area contributed by atoms with Crippen molar-refractivity contribution in [1.29, 1.82) is 0 Å². The summed E-state index contributed by atoms with van der Waals surface area (Å²) in [6.07, 6.45) is 0. The quantitative estimate of drug-likeness (QED) is 0.429. The van der Waals surface area contributed by atoms with Crippen molar-refractivity contribution in [2.24, 2.45) is 0 Å². The number of para-hydroxylation sites is 1. The molecule has 0 saturated heterocycles. The molecule has 1 nitrogen and oxygen atoms in total. The van der Waals surface area contributed by atoms with Crippen LogP contribution in [0.2, 0.25) is 0 Å². The number of rotatable bonds is 1. The molecule has 3 aromatic rings. The van der Waals surface area contributed by atoms with E-state index >= 15 is 0 Å². The molecule has 0 aliphatic rings. The van der Waals surface area contributed by atoms with Crippen molar-refractivity contribution in [3.8, 4) is 11.3 Å². The Labute approximate surface area is 145 Å². The third-order valence-corrected chi connectivity index (χ3v) is 3.86. The topological polar surface area (TPSA) is 13.1 Å². The van der Waals surface area contributed by atoms with E-state index < -0.39 is 0 Å². The van der Waals surface area contributed by atoms with Crippen molar-refractivity contribution in [3.05, 3.63) is 64.2 Å². The van der Waals surface area contributed by atoms with Crippen LogP contribution in [-0.2, 0) is 0 Å². The minimum atomic E-state index is 0.841. The first-order chi connectivity index (χ1) is 11.2. The molecule has 0 amide bonds. The third-order valence-electron chi connectivity index (χ3n) is 3.34. The zero-order chi connectivity index (χ0) is 17.4. The van der Waals surface area contributed by atoms with Crippen LogP contribution in [0.5, 0.6) is 0 Å². The van der Waals surface area contributed by atoms with E-state index in [1.165, 1.54) is 5.56 Å². The van der Waals surface area contributed by atoms with Crippen LogP contribution in [0.25, 0.3) is 22.3 Å². The Balaban J connectivity index is 0.000000615. The molecule has 3 rings (SSSR count). The van der Waals surface area contributed by atoms with Crippen LogP contribution in [-0.4, -0.2) is 0 Å². The molecule has 1 aromatic heterocycles. The first-order valence-electron chi connectivity index (χ1n) is 8.26. The van der Waals surface area contributed by atoms with E-state index in [9.17, 15) is 0 Å². The maximum absolute atomic E-state index is 6.03. The number of fused-ring (bicyclic) bond motifs is 1. The monoisotopic (exact) mass is 326 g/mol. The summed E-state index contributed by atoms with van der Waals surface area (Å²) >= 11 is 5.55. The van der Waals surface area contributed by atoms with Gasteiger partial charge in [0.1, 0.15) is 11.3 Å². The van der Waals surface area contributed by atoms with Crippen LogP contribution >= 0.6 is 12.2 Å². The Bertz CT molecular complexity index is 798. The number of hydrogen-bond acceptors (Lipinski definition) is 2. The van der Waals surface area contributed by atoms with Crippen molar-refractivity contribution in [2.45, 2.75) is 41.5 Å². The second-order valence-corrected chi connectivity index (χ2v) is 5.16. The predicted molar refractivity (Wildman–Crippen MR) is 105 cm³/mol. The lowest BCUT2D eigenvalue weighted by atomic mass is 10.1. The molecule has 2 aromatic carbocycles. The zero-order valence-corrected chi connectivity index (χ0v) is 15.8. The van der Waals surface area contributed by atoms with Crippen LogP contribution in [0.1, 0.15) is 38.8 Å². The predicted octanol–water partition coefficient (Wildman–Crippen LogP) is 7.50. The molecule has 0 fully saturated rings. The number of hydrogen-bond donors (Lipinski definition) is 0. The van der Waals surface area contributed by atoms with Crippen LogP contribution in [0.15, 0.2) is 52.9 Å². The first-order valence-corrected chi connectivity index (χ1v) is 8.67. The molecule has 0 spiro atoms. The average molecular weight is 327 g/mol. The Kier molecular flexibility index (Phi) is 7.70. The van der Waals surface area contributed by atoms with Gasteiger partial charge in [0.2, 0.25) is 0 Å². The van der Waals surface area contributed by atoms with Crippen molar-refractivity contribution >= 4 is 23.2 Å². The van der Waals surface area contributed by atoms with Gasteiger partial charge < -0.3 is 4.42 Å². The van der Waals surface area contributed by atoms with Crippen molar-refractivity contribution in [2.75, 3.05) is 0 Å². The highest BCUT2D eigenvalue weighted by molar-refractivity contribution is 7.71. The Morgan fingerprint density at radius 2 is 1.35 bits per heavy atom. The highest BCUT2D eigenvalue weighted by Crippen LogP contribution is 2.30. The van der Waals surface area contributed by atoms with Gasteiger partial charge in [0.15, 0.2) is 0 Å². The summed E-state index contributed by atoms with van der Waals surface area (Å²) in [5.41, 5.74) is 4.17. The van der Waals surface area contributed by atoms with Gasteiger partial charge in [-0.2, -0.15) is 0 Å². The largest absolute Gasteiger partial charge is 0.456 e. The fraction of sp³-hybridized carbons (Fsp3) is 0.286. The highest BCUT2D eigenvalue weighted by Gasteiger charge is 2.09. The Morgan fingerprint density at radius 1 is 0.783 bits per heavy atom. The van der Waals surface area contributed by atoms with Gasteiger partial charge in [0, 0.05) is 16.5 Å². The SMILES string of the molecule is CC.CC.Cc1ccc(-c2oc3ccccc3c(=S)c2C)cc1. The maximum Gasteiger partial charge on any atom is 0.139 e. The van der Waals surface area contributed by atoms with Crippen molar-refractivity contribution in [3.63, 3.8) is 0 Å². The average Bonchev–Trinajstić information content (AvgIpc) is 2.62. The van der Waals surface area contributed by atoms with Gasteiger partial charge in [-0.3, -0.25) is 0 Å². The van der Waals surface area contributed by atoms with Crippen LogP contribution in [0.3, 0.4) is 0 Å². The second-order valence-electron chi connectivity index (χ2n) is 4.75. The second kappa shape index (κ2) is 9.26. The van der Waals surface area contributed by atoms with E-state index in [0.29, 0.717) is 0 Å².